The number of aromatic nitrogens is 2. The molecule has 1 aromatic heterocycles. The molecule has 1 aliphatic heterocycles. The normalized spacial score (nSPS) is 19.0. The van der Waals surface area contributed by atoms with E-state index in [1.54, 1.807) is 24.3 Å². The number of nitrogens with zero attached hydrogens (tertiary/aromatic N) is 4. The fraction of sp³-hybridized carbons (Fsp3) is 0.438. The average molecular weight is 298 g/mol. The van der Waals surface area contributed by atoms with Crippen LogP contribution >= 0.6 is 0 Å². The molecule has 0 aliphatic carbocycles. The van der Waals surface area contributed by atoms with E-state index in [4.69, 9.17) is 9.68 Å². The predicted octanol–water partition coefficient (Wildman–Crippen LogP) is 1.81. The van der Waals surface area contributed by atoms with Gasteiger partial charge in [0.15, 0.2) is 0 Å². The van der Waals surface area contributed by atoms with Gasteiger partial charge in [0.2, 0.25) is 11.8 Å². The van der Waals surface area contributed by atoms with Crippen LogP contribution in [0.5, 0.6) is 0 Å². The standard InChI is InChI=1S/C16H18N4O2/c17-8-12-3-5-14(6-4-12)16-19-18-15(22-16)10-20-7-1-2-13(9-20)11-21/h3-6,13,21H,1-2,7,9-11H2. The monoisotopic (exact) mass is 298 g/mol. The lowest BCUT2D eigenvalue weighted by Gasteiger charge is -2.30. The van der Waals surface area contributed by atoms with Crippen LogP contribution < -0.4 is 0 Å². The van der Waals surface area contributed by atoms with Crippen LogP contribution in [0.4, 0.5) is 0 Å². The predicted molar refractivity (Wildman–Crippen MR) is 79.5 cm³/mol. The minimum atomic E-state index is 0.233. The molecule has 0 saturated carbocycles. The zero-order chi connectivity index (χ0) is 15.4. The number of likely N-dealkylation sites (tertiary alicyclic amines) is 1. The number of aliphatic hydroxyl groups excluding tert-OH is 1. The number of nitriles is 1. The lowest BCUT2D eigenvalue weighted by Crippen LogP contribution is -2.36. The van der Waals surface area contributed by atoms with Crippen molar-refractivity contribution in [2.75, 3.05) is 19.7 Å². The van der Waals surface area contributed by atoms with Gasteiger partial charge in [-0.2, -0.15) is 5.26 Å². The number of rotatable bonds is 4. The Morgan fingerprint density at radius 1 is 1.32 bits per heavy atom. The molecule has 0 spiro atoms. The third kappa shape index (κ3) is 3.32. The molecule has 3 rings (SSSR count). The van der Waals surface area contributed by atoms with Gasteiger partial charge in [-0.1, -0.05) is 0 Å². The summed E-state index contributed by atoms with van der Waals surface area (Å²) in [5, 5.41) is 26.2. The zero-order valence-corrected chi connectivity index (χ0v) is 12.3. The largest absolute Gasteiger partial charge is 0.419 e. The van der Waals surface area contributed by atoms with E-state index in [0.29, 0.717) is 29.8 Å². The van der Waals surface area contributed by atoms with Crippen molar-refractivity contribution < 1.29 is 9.52 Å². The van der Waals surface area contributed by atoms with Crippen molar-refractivity contribution in [3.63, 3.8) is 0 Å². The van der Waals surface area contributed by atoms with E-state index < -0.39 is 0 Å². The summed E-state index contributed by atoms with van der Waals surface area (Å²) in [5.74, 6) is 1.39. The van der Waals surface area contributed by atoms with E-state index in [9.17, 15) is 5.11 Å². The maximum Gasteiger partial charge on any atom is 0.247 e. The molecule has 22 heavy (non-hydrogen) atoms. The Bertz CT molecular complexity index is 660. The van der Waals surface area contributed by atoms with Gasteiger partial charge in [-0.3, -0.25) is 4.90 Å². The Balaban J connectivity index is 1.67. The van der Waals surface area contributed by atoms with Gasteiger partial charge in [-0.15, -0.1) is 10.2 Å². The van der Waals surface area contributed by atoms with Crippen LogP contribution in [0.25, 0.3) is 11.5 Å². The maximum atomic E-state index is 9.27. The fourth-order valence-electron chi connectivity index (χ4n) is 2.76. The lowest BCUT2D eigenvalue weighted by atomic mass is 9.99. The molecule has 0 amide bonds. The second kappa shape index (κ2) is 6.69. The molecule has 1 N–H and O–H groups in total. The Kier molecular flexibility index (Phi) is 4.47. The first-order valence-electron chi connectivity index (χ1n) is 7.44. The van der Waals surface area contributed by atoms with Gasteiger partial charge < -0.3 is 9.52 Å². The van der Waals surface area contributed by atoms with Gasteiger partial charge in [-0.05, 0) is 49.6 Å². The summed E-state index contributed by atoms with van der Waals surface area (Å²) >= 11 is 0. The summed E-state index contributed by atoms with van der Waals surface area (Å²) in [7, 11) is 0. The number of piperidine rings is 1. The van der Waals surface area contributed by atoms with E-state index in [1.165, 1.54) is 0 Å². The van der Waals surface area contributed by atoms with Gasteiger partial charge >= 0.3 is 0 Å². The van der Waals surface area contributed by atoms with E-state index in [1.807, 2.05) is 0 Å². The van der Waals surface area contributed by atoms with Crippen LogP contribution in [-0.2, 0) is 6.54 Å². The third-order valence-corrected chi connectivity index (χ3v) is 3.95. The number of hydrogen-bond donors (Lipinski definition) is 1. The van der Waals surface area contributed by atoms with Crippen LogP contribution in [0.2, 0.25) is 0 Å². The summed E-state index contributed by atoms with van der Waals surface area (Å²) in [6, 6.07) is 9.15. The lowest BCUT2D eigenvalue weighted by molar-refractivity contribution is 0.109. The Morgan fingerprint density at radius 3 is 2.86 bits per heavy atom. The molecular formula is C16H18N4O2. The molecule has 1 aromatic carbocycles. The smallest absolute Gasteiger partial charge is 0.247 e. The van der Waals surface area contributed by atoms with Crippen molar-refractivity contribution in [1.82, 2.24) is 15.1 Å². The molecule has 2 heterocycles. The molecule has 0 bridgehead atoms. The quantitative estimate of drug-likeness (QED) is 0.926. The van der Waals surface area contributed by atoms with Gasteiger partial charge in [0.1, 0.15) is 0 Å². The number of hydrogen-bond acceptors (Lipinski definition) is 6. The second-order valence-electron chi connectivity index (χ2n) is 5.62. The Morgan fingerprint density at radius 2 is 2.14 bits per heavy atom. The molecular weight excluding hydrogens is 280 g/mol. The summed E-state index contributed by atoms with van der Waals surface area (Å²) in [6.45, 7) is 2.70. The molecule has 6 heteroatoms. The second-order valence-corrected chi connectivity index (χ2v) is 5.62. The van der Waals surface area contributed by atoms with Crippen molar-refractivity contribution in [2.24, 2.45) is 5.92 Å². The highest BCUT2D eigenvalue weighted by molar-refractivity contribution is 5.54. The average Bonchev–Trinajstić information content (AvgIpc) is 3.03. The van der Waals surface area contributed by atoms with Gasteiger partial charge in [0.25, 0.3) is 0 Å². The van der Waals surface area contributed by atoms with Crippen molar-refractivity contribution in [2.45, 2.75) is 19.4 Å². The summed E-state index contributed by atoms with van der Waals surface area (Å²) in [4.78, 5) is 2.24. The Labute approximate surface area is 129 Å². The van der Waals surface area contributed by atoms with Crippen LogP contribution in [0, 0.1) is 17.2 Å². The zero-order valence-electron chi connectivity index (χ0n) is 12.3. The molecule has 1 aliphatic rings. The summed E-state index contributed by atoms with van der Waals surface area (Å²) in [6.07, 6.45) is 2.16. The molecule has 114 valence electrons. The molecule has 1 saturated heterocycles. The highest BCUT2D eigenvalue weighted by Crippen LogP contribution is 2.21. The molecule has 0 radical (unpaired) electrons. The molecule has 6 nitrogen and oxygen atoms in total. The van der Waals surface area contributed by atoms with Gasteiger partial charge in [0, 0.05) is 18.7 Å². The fourth-order valence-corrected chi connectivity index (χ4v) is 2.76. The van der Waals surface area contributed by atoms with Crippen LogP contribution in [-0.4, -0.2) is 39.9 Å². The van der Waals surface area contributed by atoms with Crippen LogP contribution in [0.1, 0.15) is 24.3 Å². The van der Waals surface area contributed by atoms with Gasteiger partial charge in [-0.25, -0.2) is 0 Å². The highest BCUT2D eigenvalue weighted by Gasteiger charge is 2.21. The molecule has 1 atom stereocenters. The SMILES string of the molecule is N#Cc1ccc(-c2nnc(CN3CCCC(CO)C3)o2)cc1. The molecule has 2 aromatic rings. The Hall–Kier alpha value is -2.23. The molecule has 1 unspecified atom stereocenters. The van der Waals surface area contributed by atoms with Crippen molar-refractivity contribution in [1.29, 1.82) is 5.26 Å². The first-order chi connectivity index (χ1) is 10.8. The van der Waals surface area contributed by atoms with E-state index >= 15 is 0 Å². The highest BCUT2D eigenvalue weighted by atomic mass is 16.4. The topological polar surface area (TPSA) is 86.2 Å². The van der Waals surface area contributed by atoms with E-state index in [2.05, 4.69) is 21.2 Å². The van der Waals surface area contributed by atoms with Crippen LogP contribution in [0.15, 0.2) is 28.7 Å². The number of aliphatic hydroxyl groups is 1. The minimum Gasteiger partial charge on any atom is -0.419 e. The molecule has 1 fully saturated rings. The number of benzene rings is 1. The van der Waals surface area contributed by atoms with Crippen molar-refractivity contribution in [3.05, 3.63) is 35.7 Å². The van der Waals surface area contributed by atoms with E-state index in [0.717, 1.165) is 31.5 Å². The third-order valence-electron chi connectivity index (χ3n) is 3.95. The first kappa shape index (κ1) is 14.7. The summed E-state index contributed by atoms with van der Waals surface area (Å²) < 4.78 is 5.71. The maximum absolute atomic E-state index is 9.27. The van der Waals surface area contributed by atoms with Crippen molar-refractivity contribution >= 4 is 0 Å². The minimum absolute atomic E-state index is 0.233. The van der Waals surface area contributed by atoms with Gasteiger partial charge in [0.05, 0.1) is 18.2 Å². The first-order valence-corrected chi connectivity index (χ1v) is 7.44. The van der Waals surface area contributed by atoms with Crippen molar-refractivity contribution in [3.8, 4) is 17.5 Å². The van der Waals surface area contributed by atoms with E-state index in [-0.39, 0.29) is 6.61 Å². The van der Waals surface area contributed by atoms with Crippen LogP contribution in [0.3, 0.4) is 0 Å². The summed E-state index contributed by atoms with van der Waals surface area (Å²) in [5.41, 5.74) is 1.41.